The summed E-state index contributed by atoms with van der Waals surface area (Å²) in [5.74, 6) is -0.342. The molecule has 2 N–H and O–H groups in total. The lowest BCUT2D eigenvalue weighted by Crippen LogP contribution is -2.45. The Kier molecular flexibility index (Phi) is 7.62. The Balaban J connectivity index is 2.60. The largest absolute Gasteiger partial charge is 0.490 e. The van der Waals surface area contributed by atoms with E-state index >= 15 is 0 Å². The lowest BCUT2D eigenvalue weighted by atomic mass is 9.94. The molecule has 10 heteroatoms. The highest BCUT2D eigenvalue weighted by molar-refractivity contribution is 5.95. The summed E-state index contributed by atoms with van der Waals surface area (Å²) in [5, 5.41) is 16.9. The number of benzene rings is 1. The van der Waals surface area contributed by atoms with E-state index in [9.17, 15) is 19.7 Å². The van der Waals surface area contributed by atoms with E-state index in [-0.39, 0.29) is 48.5 Å². The van der Waals surface area contributed by atoms with Crippen molar-refractivity contribution in [3.8, 4) is 11.5 Å². The monoisotopic (exact) mass is 421 g/mol. The molecular weight excluding hydrogens is 394 g/mol. The molecule has 1 heterocycles. The molecule has 0 radical (unpaired) electrons. The number of esters is 1. The maximum Gasteiger partial charge on any atom is 0.338 e. The van der Waals surface area contributed by atoms with Gasteiger partial charge in [0.05, 0.1) is 36.4 Å². The summed E-state index contributed by atoms with van der Waals surface area (Å²) in [6.45, 7) is 9.46. The molecule has 0 aromatic heterocycles. The Morgan fingerprint density at radius 2 is 1.90 bits per heavy atom. The third kappa shape index (κ3) is 5.19. The minimum Gasteiger partial charge on any atom is -0.490 e. The molecule has 0 aliphatic carbocycles. The number of nitrogens with one attached hydrogen (secondary N) is 2. The minimum absolute atomic E-state index is 0.00185. The van der Waals surface area contributed by atoms with Gasteiger partial charge < -0.3 is 24.8 Å². The van der Waals surface area contributed by atoms with Crippen molar-refractivity contribution in [2.75, 3.05) is 19.8 Å². The van der Waals surface area contributed by atoms with Crippen LogP contribution in [0.3, 0.4) is 0 Å². The van der Waals surface area contributed by atoms with E-state index in [2.05, 4.69) is 10.6 Å². The lowest BCUT2D eigenvalue weighted by molar-refractivity contribution is -0.386. The van der Waals surface area contributed by atoms with Gasteiger partial charge in [-0.3, -0.25) is 10.1 Å². The fraction of sp³-hybridized carbons (Fsp3) is 0.500. The molecule has 2 amide bonds. The second-order valence-corrected chi connectivity index (χ2v) is 7.05. The minimum atomic E-state index is -0.952. The van der Waals surface area contributed by atoms with Gasteiger partial charge in [0.25, 0.3) is 0 Å². The fourth-order valence-corrected chi connectivity index (χ4v) is 3.00. The molecule has 1 aliphatic heterocycles. The topological polar surface area (TPSA) is 129 Å². The van der Waals surface area contributed by atoms with Crippen molar-refractivity contribution in [1.29, 1.82) is 0 Å². The van der Waals surface area contributed by atoms with Crippen molar-refractivity contribution in [2.45, 2.75) is 40.7 Å². The van der Waals surface area contributed by atoms with Gasteiger partial charge in [-0.15, -0.1) is 0 Å². The van der Waals surface area contributed by atoms with Gasteiger partial charge in [-0.25, -0.2) is 9.59 Å². The first-order chi connectivity index (χ1) is 14.2. The van der Waals surface area contributed by atoms with Crippen molar-refractivity contribution < 1.29 is 28.7 Å². The second kappa shape index (κ2) is 9.95. The predicted octanol–water partition coefficient (Wildman–Crippen LogP) is 3.22. The van der Waals surface area contributed by atoms with Crippen LogP contribution in [0, 0.1) is 16.0 Å². The number of nitro benzene ring substituents is 1. The molecule has 0 saturated carbocycles. The molecule has 0 fully saturated rings. The summed E-state index contributed by atoms with van der Waals surface area (Å²) in [7, 11) is 0. The third-order valence-electron chi connectivity index (χ3n) is 4.21. The fourth-order valence-electron chi connectivity index (χ4n) is 3.00. The number of hydrogen-bond acceptors (Lipinski definition) is 7. The molecule has 30 heavy (non-hydrogen) atoms. The first-order valence-corrected chi connectivity index (χ1v) is 9.72. The quantitative estimate of drug-likeness (QED) is 0.356. The molecule has 164 valence electrons. The van der Waals surface area contributed by atoms with Gasteiger partial charge in [0, 0.05) is 11.8 Å². The normalized spacial score (nSPS) is 16.1. The molecule has 2 rings (SSSR count). The molecule has 1 aliphatic rings. The van der Waals surface area contributed by atoms with Crippen LogP contribution in [0.15, 0.2) is 23.4 Å². The average Bonchev–Trinajstić information content (AvgIpc) is 2.66. The average molecular weight is 421 g/mol. The Hall–Kier alpha value is -3.30. The molecule has 1 aromatic rings. The van der Waals surface area contributed by atoms with E-state index in [0.717, 1.165) is 0 Å². The highest BCUT2D eigenvalue weighted by Gasteiger charge is 2.35. The van der Waals surface area contributed by atoms with Gasteiger partial charge in [0.15, 0.2) is 5.75 Å². The van der Waals surface area contributed by atoms with Crippen LogP contribution in [0.5, 0.6) is 11.5 Å². The highest BCUT2D eigenvalue weighted by atomic mass is 16.6. The van der Waals surface area contributed by atoms with Crippen LogP contribution in [0.2, 0.25) is 0 Å². The molecule has 10 nitrogen and oxygen atoms in total. The first-order valence-electron chi connectivity index (χ1n) is 9.72. The maximum atomic E-state index is 12.7. The number of nitro groups is 1. The van der Waals surface area contributed by atoms with Crippen LogP contribution in [-0.2, 0) is 9.53 Å². The number of rotatable bonds is 9. The van der Waals surface area contributed by atoms with Crippen LogP contribution in [0.4, 0.5) is 10.5 Å². The number of carbonyl (C=O) groups is 2. The molecular formula is C20H27N3O7. The van der Waals surface area contributed by atoms with E-state index in [1.807, 2.05) is 13.8 Å². The highest BCUT2D eigenvalue weighted by Crippen LogP contribution is 2.41. The van der Waals surface area contributed by atoms with Crippen molar-refractivity contribution in [3.05, 3.63) is 39.1 Å². The molecule has 1 aromatic carbocycles. The van der Waals surface area contributed by atoms with Gasteiger partial charge in [-0.1, -0.05) is 13.8 Å². The predicted molar refractivity (Wildman–Crippen MR) is 108 cm³/mol. The molecule has 0 bridgehead atoms. The SMILES string of the molecule is CCOc1cc(C2NC(=O)NC(C)=C2C(=O)OCC(C)C)cc([N+](=O)[O-])c1OCC. The second-order valence-electron chi connectivity index (χ2n) is 7.05. The zero-order valence-corrected chi connectivity index (χ0v) is 17.7. The van der Waals surface area contributed by atoms with Crippen molar-refractivity contribution in [2.24, 2.45) is 5.92 Å². The van der Waals surface area contributed by atoms with Gasteiger partial charge in [0.1, 0.15) is 0 Å². The number of hydrogen-bond donors (Lipinski definition) is 2. The van der Waals surface area contributed by atoms with Gasteiger partial charge in [0.2, 0.25) is 5.75 Å². The number of urea groups is 1. The maximum absolute atomic E-state index is 12.7. The Bertz CT molecular complexity index is 864. The summed E-state index contributed by atoms with van der Waals surface area (Å²) < 4.78 is 16.3. The number of amides is 2. The zero-order chi connectivity index (χ0) is 22.4. The molecule has 0 saturated heterocycles. The van der Waals surface area contributed by atoms with E-state index in [1.165, 1.54) is 12.1 Å². The first kappa shape index (κ1) is 23.0. The Labute approximate surface area is 174 Å². The molecule has 1 atom stereocenters. The summed E-state index contributed by atoms with van der Waals surface area (Å²) in [4.78, 5) is 35.9. The Morgan fingerprint density at radius 3 is 2.47 bits per heavy atom. The van der Waals surface area contributed by atoms with Crippen LogP contribution in [0.1, 0.15) is 46.2 Å². The van der Waals surface area contributed by atoms with Crippen LogP contribution in [-0.4, -0.2) is 36.7 Å². The van der Waals surface area contributed by atoms with Crippen molar-refractivity contribution in [1.82, 2.24) is 10.6 Å². The van der Waals surface area contributed by atoms with Crippen LogP contribution in [0.25, 0.3) is 0 Å². The number of ether oxygens (including phenoxy) is 3. The van der Waals surface area contributed by atoms with Gasteiger partial charge in [-0.05, 0) is 38.3 Å². The summed E-state index contributed by atoms with van der Waals surface area (Å²) in [6, 6.07) is 1.31. The van der Waals surface area contributed by atoms with Gasteiger partial charge in [-0.2, -0.15) is 0 Å². The zero-order valence-electron chi connectivity index (χ0n) is 17.7. The van der Waals surface area contributed by atoms with E-state index < -0.39 is 23.0 Å². The summed E-state index contributed by atoms with van der Waals surface area (Å²) in [5.41, 5.74) is 0.459. The van der Waals surface area contributed by atoms with Crippen molar-refractivity contribution >= 4 is 17.7 Å². The number of carbonyl (C=O) groups excluding carboxylic acids is 2. The van der Waals surface area contributed by atoms with Crippen LogP contribution < -0.4 is 20.1 Å². The lowest BCUT2D eigenvalue weighted by Gasteiger charge is -2.28. The Morgan fingerprint density at radius 1 is 1.23 bits per heavy atom. The van der Waals surface area contributed by atoms with Crippen LogP contribution >= 0.6 is 0 Å². The van der Waals surface area contributed by atoms with E-state index in [0.29, 0.717) is 11.3 Å². The van der Waals surface area contributed by atoms with Crippen molar-refractivity contribution in [3.63, 3.8) is 0 Å². The summed E-state index contributed by atoms with van der Waals surface area (Å²) in [6.07, 6.45) is 0. The third-order valence-corrected chi connectivity index (χ3v) is 4.21. The summed E-state index contributed by atoms with van der Waals surface area (Å²) >= 11 is 0. The smallest absolute Gasteiger partial charge is 0.338 e. The van der Waals surface area contributed by atoms with Gasteiger partial charge >= 0.3 is 17.7 Å². The molecule has 1 unspecified atom stereocenters. The standard InChI is InChI=1S/C20H27N3O7/c1-6-28-15-9-13(8-14(23(26)27)18(15)29-7-2)17-16(12(5)21-20(25)22-17)19(24)30-10-11(3)4/h8-9,11,17H,6-7,10H2,1-5H3,(H2,21,22,25). The van der Waals surface area contributed by atoms with E-state index in [1.54, 1.807) is 20.8 Å². The number of nitrogens with zero attached hydrogens (tertiary/aromatic N) is 1. The number of allylic oxidation sites excluding steroid dienone is 1. The molecule has 0 spiro atoms. The van der Waals surface area contributed by atoms with E-state index in [4.69, 9.17) is 14.2 Å².